The monoisotopic (exact) mass is 246 g/mol. The summed E-state index contributed by atoms with van der Waals surface area (Å²) in [6.07, 6.45) is 1.21. The Bertz CT molecular complexity index is 532. The topological polar surface area (TPSA) is 33.4 Å². The molecule has 0 aliphatic carbocycles. The molecule has 0 saturated heterocycles. The van der Waals surface area contributed by atoms with Crippen molar-refractivity contribution in [2.75, 3.05) is 0 Å². The van der Waals surface area contributed by atoms with Crippen molar-refractivity contribution in [2.45, 2.75) is 52.1 Å². The number of furan rings is 1. The van der Waals surface area contributed by atoms with Crippen LogP contribution in [0.2, 0.25) is 0 Å². The fourth-order valence-electron chi connectivity index (χ4n) is 2.11. The van der Waals surface area contributed by atoms with Crippen LogP contribution in [-0.2, 0) is 5.41 Å². The van der Waals surface area contributed by atoms with Crippen molar-refractivity contribution < 1.29 is 9.52 Å². The van der Waals surface area contributed by atoms with Crippen molar-refractivity contribution in [3.63, 3.8) is 0 Å². The van der Waals surface area contributed by atoms with Crippen LogP contribution < -0.4 is 0 Å². The maximum Gasteiger partial charge on any atom is 0.134 e. The predicted octanol–water partition coefficient (Wildman–Crippen LogP) is 4.56. The van der Waals surface area contributed by atoms with Gasteiger partial charge in [-0.3, -0.25) is 0 Å². The minimum Gasteiger partial charge on any atom is -0.458 e. The highest BCUT2D eigenvalue weighted by molar-refractivity contribution is 5.79. The zero-order valence-electron chi connectivity index (χ0n) is 11.7. The van der Waals surface area contributed by atoms with E-state index < -0.39 is 6.10 Å². The molecule has 0 bridgehead atoms. The first kappa shape index (κ1) is 13.2. The van der Waals surface area contributed by atoms with Gasteiger partial charge in [0.25, 0.3) is 0 Å². The van der Waals surface area contributed by atoms with E-state index in [1.807, 2.05) is 12.1 Å². The van der Waals surface area contributed by atoms with Crippen LogP contribution in [0.4, 0.5) is 0 Å². The molecule has 0 radical (unpaired) electrons. The van der Waals surface area contributed by atoms with E-state index in [9.17, 15) is 5.11 Å². The van der Waals surface area contributed by atoms with E-state index in [-0.39, 0.29) is 5.41 Å². The van der Waals surface area contributed by atoms with Gasteiger partial charge in [0.2, 0.25) is 0 Å². The lowest BCUT2D eigenvalue weighted by molar-refractivity contribution is 0.141. The van der Waals surface area contributed by atoms with E-state index in [0.717, 1.165) is 23.8 Å². The zero-order valence-corrected chi connectivity index (χ0v) is 11.7. The molecule has 1 aromatic carbocycles. The van der Waals surface area contributed by atoms with Gasteiger partial charge in [-0.05, 0) is 35.6 Å². The lowest BCUT2D eigenvalue weighted by Gasteiger charge is -2.18. The van der Waals surface area contributed by atoms with Crippen molar-refractivity contribution in [3.8, 4) is 0 Å². The summed E-state index contributed by atoms with van der Waals surface area (Å²) in [6, 6.07) is 8.21. The Kier molecular flexibility index (Phi) is 3.49. The van der Waals surface area contributed by atoms with Crippen molar-refractivity contribution in [1.82, 2.24) is 0 Å². The van der Waals surface area contributed by atoms with E-state index in [1.54, 1.807) is 0 Å². The molecule has 0 aliphatic heterocycles. The molecule has 1 unspecified atom stereocenters. The van der Waals surface area contributed by atoms with Crippen LogP contribution in [-0.4, -0.2) is 5.11 Å². The van der Waals surface area contributed by atoms with Crippen molar-refractivity contribution in [1.29, 1.82) is 0 Å². The molecule has 0 amide bonds. The molecule has 0 spiro atoms. The van der Waals surface area contributed by atoms with Gasteiger partial charge in [-0.15, -0.1) is 0 Å². The van der Waals surface area contributed by atoms with Gasteiger partial charge in [0, 0.05) is 5.39 Å². The Morgan fingerprint density at radius 2 is 1.94 bits per heavy atom. The summed E-state index contributed by atoms with van der Waals surface area (Å²) in [7, 11) is 0. The fraction of sp³-hybridized carbons (Fsp3) is 0.500. The third-order valence-corrected chi connectivity index (χ3v) is 3.29. The van der Waals surface area contributed by atoms with Crippen LogP contribution in [0.3, 0.4) is 0 Å². The molecule has 1 aromatic heterocycles. The lowest BCUT2D eigenvalue weighted by Crippen LogP contribution is -2.10. The van der Waals surface area contributed by atoms with Crippen LogP contribution in [0.25, 0.3) is 11.0 Å². The van der Waals surface area contributed by atoms with Gasteiger partial charge in [-0.25, -0.2) is 0 Å². The number of aliphatic hydroxyl groups excluding tert-OH is 1. The van der Waals surface area contributed by atoms with Gasteiger partial charge in [-0.1, -0.05) is 40.2 Å². The number of aliphatic hydroxyl groups is 1. The third-order valence-electron chi connectivity index (χ3n) is 3.29. The zero-order chi connectivity index (χ0) is 13.3. The molecule has 1 atom stereocenters. The first-order valence-corrected chi connectivity index (χ1v) is 6.64. The van der Waals surface area contributed by atoms with Crippen LogP contribution in [0, 0.1) is 0 Å². The number of fused-ring (bicyclic) bond motifs is 1. The molecule has 18 heavy (non-hydrogen) atoms. The molecule has 0 saturated carbocycles. The number of hydrogen-bond acceptors (Lipinski definition) is 2. The molecule has 1 heterocycles. The first-order chi connectivity index (χ1) is 8.41. The average molecular weight is 246 g/mol. The second-order valence-electron chi connectivity index (χ2n) is 5.96. The minimum atomic E-state index is -0.486. The predicted molar refractivity (Wildman–Crippen MR) is 74.8 cm³/mol. The van der Waals surface area contributed by atoms with Crippen molar-refractivity contribution in [2.24, 2.45) is 0 Å². The highest BCUT2D eigenvalue weighted by Crippen LogP contribution is 2.30. The smallest absolute Gasteiger partial charge is 0.134 e. The Morgan fingerprint density at radius 3 is 2.56 bits per heavy atom. The van der Waals surface area contributed by atoms with Gasteiger partial charge in [0.05, 0.1) is 0 Å². The van der Waals surface area contributed by atoms with Gasteiger partial charge < -0.3 is 9.52 Å². The molecule has 2 aromatic rings. The van der Waals surface area contributed by atoms with E-state index in [4.69, 9.17) is 4.42 Å². The largest absolute Gasteiger partial charge is 0.458 e. The minimum absolute atomic E-state index is 0.133. The van der Waals surface area contributed by atoms with Crippen LogP contribution in [0.1, 0.15) is 58.0 Å². The van der Waals surface area contributed by atoms with E-state index >= 15 is 0 Å². The number of benzene rings is 1. The van der Waals surface area contributed by atoms with E-state index in [2.05, 4.69) is 39.8 Å². The number of hydrogen-bond donors (Lipinski definition) is 1. The van der Waals surface area contributed by atoms with Gasteiger partial charge in [0.1, 0.15) is 17.4 Å². The SMILES string of the molecule is CCCC(O)c1cc2cc(C(C)(C)C)ccc2o1. The standard InChI is InChI=1S/C16H22O2/c1-5-6-13(17)15-10-11-9-12(16(2,3)4)7-8-14(11)18-15/h7-10,13,17H,5-6H2,1-4H3. The summed E-state index contributed by atoms with van der Waals surface area (Å²) in [4.78, 5) is 0. The summed E-state index contributed by atoms with van der Waals surface area (Å²) >= 11 is 0. The summed E-state index contributed by atoms with van der Waals surface area (Å²) in [5.41, 5.74) is 2.27. The van der Waals surface area contributed by atoms with Crippen molar-refractivity contribution in [3.05, 3.63) is 35.6 Å². The highest BCUT2D eigenvalue weighted by Gasteiger charge is 2.16. The molecular formula is C16H22O2. The maximum atomic E-state index is 9.96. The molecule has 1 N–H and O–H groups in total. The van der Waals surface area contributed by atoms with E-state index in [0.29, 0.717) is 5.76 Å². The molecular weight excluding hydrogens is 224 g/mol. The highest BCUT2D eigenvalue weighted by atomic mass is 16.4. The van der Waals surface area contributed by atoms with Gasteiger partial charge >= 0.3 is 0 Å². The molecule has 0 aliphatic rings. The van der Waals surface area contributed by atoms with E-state index in [1.165, 1.54) is 5.56 Å². The Balaban J connectivity index is 2.40. The molecule has 2 heteroatoms. The lowest BCUT2D eigenvalue weighted by atomic mass is 9.86. The molecule has 98 valence electrons. The molecule has 2 rings (SSSR count). The Labute approximate surface area is 109 Å². The second-order valence-corrected chi connectivity index (χ2v) is 5.96. The summed E-state index contributed by atoms with van der Waals surface area (Å²) in [5.74, 6) is 0.679. The normalized spacial score (nSPS) is 14.1. The van der Waals surface area contributed by atoms with Crippen LogP contribution in [0.5, 0.6) is 0 Å². The maximum absolute atomic E-state index is 9.96. The Morgan fingerprint density at radius 1 is 1.22 bits per heavy atom. The number of rotatable bonds is 3. The van der Waals surface area contributed by atoms with Gasteiger partial charge in [0.15, 0.2) is 0 Å². The summed E-state index contributed by atoms with van der Waals surface area (Å²) < 4.78 is 5.70. The van der Waals surface area contributed by atoms with Crippen LogP contribution >= 0.6 is 0 Å². The summed E-state index contributed by atoms with van der Waals surface area (Å²) in [6.45, 7) is 8.65. The van der Waals surface area contributed by atoms with Gasteiger partial charge in [-0.2, -0.15) is 0 Å². The third kappa shape index (κ3) is 2.59. The average Bonchev–Trinajstić information content (AvgIpc) is 2.70. The van der Waals surface area contributed by atoms with Crippen LogP contribution in [0.15, 0.2) is 28.7 Å². The fourth-order valence-corrected chi connectivity index (χ4v) is 2.11. The second kappa shape index (κ2) is 4.77. The van der Waals surface area contributed by atoms with Crippen molar-refractivity contribution >= 4 is 11.0 Å². The molecule has 0 fully saturated rings. The summed E-state index contributed by atoms with van der Waals surface area (Å²) in [5, 5.41) is 11.0. The Hall–Kier alpha value is -1.28. The molecule has 2 nitrogen and oxygen atoms in total. The quantitative estimate of drug-likeness (QED) is 0.861. The first-order valence-electron chi connectivity index (χ1n) is 6.64.